The van der Waals surface area contributed by atoms with Crippen LogP contribution in [0.4, 0.5) is 21.5 Å². The van der Waals surface area contributed by atoms with Gasteiger partial charge in [-0.05, 0) is 173 Å². The summed E-state index contributed by atoms with van der Waals surface area (Å²) in [5, 5.41) is 6.40. The van der Waals surface area contributed by atoms with Gasteiger partial charge >= 0.3 is 0 Å². The summed E-state index contributed by atoms with van der Waals surface area (Å²) < 4.78 is 14.3. The fraction of sp³-hybridized carbons (Fsp3) is 0.452. The van der Waals surface area contributed by atoms with Crippen molar-refractivity contribution in [2.24, 2.45) is 11.8 Å². The molecule has 1 unspecified atom stereocenters. The molecule has 4 saturated heterocycles. The topological polar surface area (TPSA) is 109 Å². The second-order valence-corrected chi connectivity index (χ2v) is 22.0. The Bertz CT molecular complexity index is 2550. The Labute approximate surface area is 436 Å². The summed E-state index contributed by atoms with van der Waals surface area (Å²) in [7, 11) is 0. The van der Waals surface area contributed by atoms with Crippen molar-refractivity contribution < 1.29 is 23.6 Å². The maximum absolute atomic E-state index is 14.9. The van der Waals surface area contributed by atoms with Gasteiger partial charge < -0.3 is 25.3 Å². The number of halogens is 1. The fourth-order valence-electron chi connectivity index (χ4n) is 13.8. The summed E-state index contributed by atoms with van der Waals surface area (Å²) in [6.07, 6.45) is 14.1. The first kappa shape index (κ1) is 49.8. The van der Waals surface area contributed by atoms with Crippen LogP contribution in [0.15, 0.2) is 133 Å². The Kier molecular flexibility index (Phi) is 15.2. The third-order valence-electron chi connectivity index (χ3n) is 17.4. The molecule has 4 aliphatic heterocycles. The standard InChI is InChI=1S/C62H72FN7O4/c63-49-27-33-52(34-28-49)68(41-43-23-29-50(30-24-43)64-59(71)55-39-47-19-13-21-53(47)69(55)61(73)57(45-15-5-1-6-16-45)66-35-9-3-10-36-66)42-44-25-31-51(32-26-44)65-60(72)56-40-48-20-14-22-54(48)70(56)62(74)58(46-17-7-2-8-18-46)67-37-11-4-12-38-67/h1-2,5-8,15-18,23-34,47-48,53-58H,3-4,9-14,19-22,35-42H2,(H,64,71)(H,65,72)/t47-,48-,53-,54-,55-,56?,57+,58+/m0/s1. The number of carbonyl (C=O) groups excluding carboxylic acids is 4. The number of benzene rings is 5. The van der Waals surface area contributed by atoms with Gasteiger partial charge in [-0.25, -0.2) is 4.39 Å². The second kappa shape index (κ2) is 22.6. The molecule has 0 spiro atoms. The van der Waals surface area contributed by atoms with Gasteiger partial charge in [-0.3, -0.25) is 29.0 Å². The van der Waals surface area contributed by atoms with Crippen molar-refractivity contribution in [3.05, 3.63) is 162 Å². The largest absolute Gasteiger partial charge is 0.363 e. The molecule has 2 saturated carbocycles. The van der Waals surface area contributed by atoms with Gasteiger partial charge in [-0.1, -0.05) is 111 Å². The number of hydrogen-bond donors (Lipinski definition) is 2. The van der Waals surface area contributed by atoms with Crippen LogP contribution in [0.1, 0.15) is 124 Å². The van der Waals surface area contributed by atoms with Crippen molar-refractivity contribution >= 4 is 40.7 Å². The van der Waals surface area contributed by atoms with Crippen molar-refractivity contribution in [3.8, 4) is 0 Å². The van der Waals surface area contributed by atoms with Gasteiger partial charge in [0, 0.05) is 42.2 Å². The summed E-state index contributed by atoms with van der Waals surface area (Å²) in [6, 6.07) is 40.8. The van der Waals surface area contributed by atoms with Crippen LogP contribution in [-0.4, -0.2) is 93.6 Å². The van der Waals surface area contributed by atoms with E-state index >= 15 is 0 Å². The smallest absolute Gasteiger partial charge is 0.247 e. The first-order chi connectivity index (χ1) is 36.3. The van der Waals surface area contributed by atoms with E-state index in [1.54, 1.807) is 12.1 Å². The molecule has 12 heteroatoms. The zero-order valence-electron chi connectivity index (χ0n) is 42.7. The molecule has 74 heavy (non-hydrogen) atoms. The Morgan fingerprint density at radius 3 is 1.30 bits per heavy atom. The van der Waals surface area contributed by atoms with E-state index in [1.807, 2.05) is 94.7 Å². The van der Waals surface area contributed by atoms with Crippen molar-refractivity contribution in [3.63, 3.8) is 0 Å². The Hall–Kier alpha value is -6.37. The van der Waals surface area contributed by atoms with Crippen LogP contribution in [0.5, 0.6) is 0 Å². The predicted molar refractivity (Wildman–Crippen MR) is 288 cm³/mol. The zero-order valence-corrected chi connectivity index (χ0v) is 42.7. The Balaban J connectivity index is 0.758. The minimum atomic E-state index is -0.537. The summed E-state index contributed by atoms with van der Waals surface area (Å²) in [5.41, 5.74) is 6.21. The maximum Gasteiger partial charge on any atom is 0.247 e. The van der Waals surface area contributed by atoms with E-state index in [9.17, 15) is 23.6 Å². The summed E-state index contributed by atoms with van der Waals surface area (Å²) in [5.74, 6) is 0.161. The number of anilines is 3. The zero-order chi connectivity index (χ0) is 50.5. The summed E-state index contributed by atoms with van der Waals surface area (Å²) >= 11 is 0. The number of amides is 4. The van der Waals surface area contributed by atoms with E-state index in [1.165, 1.54) is 25.0 Å². The van der Waals surface area contributed by atoms with E-state index in [4.69, 9.17) is 0 Å². The quantitative estimate of drug-likeness (QED) is 0.108. The minimum Gasteiger partial charge on any atom is -0.363 e. The van der Waals surface area contributed by atoms with Crippen LogP contribution < -0.4 is 15.5 Å². The van der Waals surface area contributed by atoms with Gasteiger partial charge in [-0.15, -0.1) is 0 Å². The SMILES string of the molecule is O=C(Nc1ccc(CN(Cc2ccc(NC(=O)[C@@H]3C[C@@H]4CCC[C@@H]4N3C(=O)[C@@H](c3ccccc3)N3CCCCC3)cc2)c2ccc(F)cc2)cc1)C1C[C@@H]2CCC[C@@H]2N1C(=O)[C@@H](c1ccccc1)N1CCCCC1. The number of piperidine rings is 2. The normalized spacial score (nSPS) is 24.7. The van der Waals surface area contributed by atoms with E-state index in [0.29, 0.717) is 49.1 Å². The van der Waals surface area contributed by atoms with Gasteiger partial charge in [0.1, 0.15) is 30.0 Å². The van der Waals surface area contributed by atoms with Crippen molar-refractivity contribution in [1.29, 1.82) is 0 Å². The molecule has 8 atom stereocenters. The number of nitrogens with zero attached hydrogens (tertiary/aromatic N) is 5. The predicted octanol–water partition coefficient (Wildman–Crippen LogP) is 10.9. The van der Waals surface area contributed by atoms with Crippen molar-refractivity contribution in [2.45, 2.75) is 139 Å². The number of nitrogens with one attached hydrogen (secondary N) is 2. The lowest BCUT2D eigenvalue weighted by atomic mass is 9.99. The van der Waals surface area contributed by atoms with Gasteiger partial charge in [0.05, 0.1) is 0 Å². The molecule has 6 aliphatic rings. The highest BCUT2D eigenvalue weighted by Gasteiger charge is 2.52. The van der Waals surface area contributed by atoms with Crippen molar-refractivity contribution in [2.75, 3.05) is 41.7 Å². The van der Waals surface area contributed by atoms with Gasteiger partial charge in [0.15, 0.2) is 0 Å². The summed E-state index contributed by atoms with van der Waals surface area (Å²) in [6.45, 7) is 4.53. The lowest BCUT2D eigenvalue weighted by molar-refractivity contribution is -0.144. The van der Waals surface area contributed by atoms with Gasteiger partial charge in [-0.2, -0.15) is 0 Å². The first-order valence-electron chi connectivity index (χ1n) is 27.8. The Morgan fingerprint density at radius 1 is 0.486 bits per heavy atom. The highest BCUT2D eigenvalue weighted by molar-refractivity contribution is 5.99. The molecule has 5 aromatic rings. The van der Waals surface area contributed by atoms with Crippen molar-refractivity contribution in [1.82, 2.24) is 19.6 Å². The van der Waals surface area contributed by atoms with Crippen LogP contribution >= 0.6 is 0 Å². The summed E-state index contributed by atoms with van der Waals surface area (Å²) in [4.78, 5) is 69.2. The van der Waals surface area contributed by atoms with Crippen LogP contribution in [0.25, 0.3) is 0 Å². The van der Waals surface area contributed by atoms with E-state index in [2.05, 4.69) is 49.6 Å². The molecule has 2 N–H and O–H groups in total. The molecule has 11 nitrogen and oxygen atoms in total. The molecule has 4 heterocycles. The first-order valence-corrected chi connectivity index (χ1v) is 27.8. The lowest BCUT2D eigenvalue weighted by Crippen LogP contribution is -2.52. The average molecular weight is 998 g/mol. The Morgan fingerprint density at radius 2 is 0.892 bits per heavy atom. The number of carbonyl (C=O) groups is 4. The van der Waals surface area contributed by atoms with Crippen LogP contribution in [0.3, 0.4) is 0 Å². The molecule has 6 fully saturated rings. The molecule has 11 rings (SSSR count). The van der Waals surface area contributed by atoms with E-state index in [0.717, 1.165) is 118 Å². The molecule has 0 radical (unpaired) electrons. The van der Waals surface area contributed by atoms with E-state index < -0.39 is 24.2 Å². The molecule has 4 amide bonds. The molecule has 0 aromatic heterocycles. The third kappa shape index (κ3) is 10.8. The van der Waals surface area contributed by atoms with Gasteiger partial charge in [0.2, 0.25) is 23.6 Å². The van der Waals surface area contributed by atoms with Crippen LogP contribution in [0.2, 0.25) is 0 Å². The second-order valence-electron chi connectivity index (χ2n) is 22.0. The van der Waals surface area contributed by atoms with E-state index in [-0.39, 0.29) is 41.5 Å². The number of fused-ring (bicyclic) bond motifs is 2. The van der Waals surface area contributed by atoms with Crippen LogP contribution in [-0.2, 0) is 32.3 Å². The molecular formula is C62H72FN7O4. The molecular weight excluding hydrogens is 926 g/mol. The molecule has 386 valence electrons. The molecule has 5 aromatic carbocycles. The monoisotopic (exact) mass is 998 g/mol. The minimum absolute atomic E-state index is 0.0506. The maximum atomic E-state index is 14.9. The average Bonchev–Trinajstić information content (AvgIpc) is 4.24. The number of hydrogen-bond acceptors (Lipinski definition) is 7. The van der Waals surface area contributed by atoms with Gasteiger partial charge in [0.25, 0.3) is 0 Å². The molecule has 0 bridgehead atoms. The molecule has 2 aliphatic carbocycles. The fourth-order valence-corrected chi connectivity index (χ4v) is 13.8. The number of rotatable bonds is 15. The highest BCUT2D eigenvalue weighted by Crippen LogP contribution is 2.45. The lowest BCUT2D eigenvalue weighted by Gasteiger charge is -2.39. The number of likely N-dealkylation sites (tertiary alicyclic amines) is 4. The third-order valence-corrected chi connectivity index (χ3v) is 17.4. The highest BCUT2D eigenvalue weighted by atomic mass is 19.1. The van der Waals surface area contributed by atoms with Crippen LogP contribution in [0, 0.1) is 17.7 Å².